The lowest BCUT2D eigenvalue weighted by atomic mass is 10.1. The summed E-state index contributed by atoms with van der Waals surface area (Å²) in [7, 11) is 0. The zero-order valence-corrected chi connectivity index (χ0v) is 17.3. The Labute approximate surface area is 170 Å². The predicted octanol–water partition coefficient (Wildman–Crippen LogP) is 5.75. The Hall–Kier alpha value is -2.37. The third-order valence-corrected chi connectivity index (χ3v) is 6.12. The van der Waals surface area contributed by atoms with Gasteiger partial charge in [-0.1, -0.05) is 60.2 Å². The zero-order chi connectivity index (χ0) is 18.8. The van der Waals surface area contributed by atoms with E-state index in [-0.39, 0.29) is 5.91 Å². The van der Waals surface area contributed by atoms with Crippen LogP contribution in [0, 0.1) is 6.92 Å². The molecule has 0 atom stereocenters. The number of rotatable bonds is 5. The van der Waals surface area contributed by atoms with Crippen LogP contribution in [0.3, 0.4) is 0 Å². The van der Waals surface area contributed by atoms with Crippen LogP contribution in [0.1, 0.15) is 27.2 Å². The van der Waals surface area contributed by atoms with Gasteiger partial charge in [-0.05, 0) is 46.1 Å². The molecular formula is C22H19BrN2OS. The molecule has 2 aromatic heterocycles. The van der Waals surface area contributed by atoms with Gasteiger partial charge in [-0.25, -0.2) is 0 Å². The molecule has 0 fully saturated rings. The quantitative estimate of drug-likeness (QED) is 0.422. The zero-order valence-electron chi connectivity index (χ0n) is 14.9. The average Bonchev–Trinajstić information content (AvgIpc) is 3.19. The van der Waals surface area contributed by atoms with Gasteiger partial charge in [0.25, 0.3) is 5.91 Å². The molecule has 5 heteroatoms. The van der Waals surface area contributed by atoms with E-state index in [1.807, 2.05) is 36.4 Å². The second-order valence-corrected chi connectivity index (χ2v) is 9.03. The smallest absolute Gasteiger partial charge is 0.268 e. The molecule has 1 N–H and O–H groups in total. The summed E-state index contributed by atoms with van der Waals surface area (Å²) in [5, 5.41) is 3.05. The van der Waals surface area contributed by atoms with Crippen LogP contribution in [0.4, 0.5) is 0 Å². The fourth-order valence-corrected chi connectivity index (χ4v) is 4.68. The summed E-state index contributed by atoms with van der Waals surface area (Å²) in [6.45, 7) is 3.27. The van der Waals surface area contributed by atoms with Crippen molar-refractivity contribution >= 4 is 43.4 Å². The van der Waals surface area contributed by atoms with Crippen LogP contribution in [-0.4, -0.2) is 10.5 Å². The van der Waals surface area contributed by atoms with Gasteiger partial charge >= 0.3 is 0 Å². The Bertz CT molecular complexity index is 1080. The van der Waals surface area contributed by atoms with Crippen LogP contribution in [-0.2, 0) is 13.1 Å². The molecule has 136 valence electrons. The minimum atomic E-state index is -0.0505. The molecule has 0 saturated heterocycles. The van der Waals surface area contributed by atoms with Crippen molar-refractivity contribution in [1.29, 1.82) is 0 Å². The third kappa shape index (κ3) is 3.99. The van der Waals surface area contributed by atoms with Gasteiger partial charge in [0.1, 0.15) is 5.69 Å². The molecule has 0 radical (unpaired) electrons. The number of halogens is 1. The molecule has 4 rings (SSSR count). The number of carbonyl (C=O) groups is 1. The first-order valence-electron chi connectivity index (χ1n) is 8.76. The number of nitrogens with zero attached hydrogens (tertiary/aromatic N) is 1. The fraction of sp³-hybridized carbons (Fsp3) is 0.136. The maximum Gasteiger partial charge on any atom is 0.268 e. The van der Waals surface area contributed by atoms with Gasteiger partial charge in [0, 0.05) is 13.1 Å². The number of benzene rings is 2. The summed E-state index contributed by atoms with van der Waals surface area (Å²) in [4.78, 5) is 12.9. The third-order valence-electron chi connectivity index (χ3n) is 4.55. The number of hydrogen-bond donors (Lipinski definition) is 1. The first kappa shape index (κ1) is 18.0. The summed E-state index contributed by atoms with van der Waals surface area (Å²) >= 11 is 5.21. The summed E-state index contributed by atoms with van der Waals surface area (Å²) < 4.78 is 4.28. The van der Waals surface area contributed by atoms with Crippen molar-refractivity contribution in [2.45, 2.75) is 20.0 Å². The van der Waals surface area contributed by atoms with E-state index in [1.165, 1.54) is 11.1 Å². The van der Waals surface area contributed by atoms with Crippen LogP contribution in [0.15, 0.2) is 70.5 Å². The molecule has 1 amide bonds. The second-order valence-electron chi connectivity index (χ2n) is 6.57. The Morgan fingerprint density at radius 3 is 2.52 bits per heavy atom. The number of amides is 1. The molecule has 0 aliphatic heterocycles. The van der Waals surface area contributed by atoms with Crippen LogP contribution >= 0.6 is 27.3 Å². The van der Waals surface area contributed by atoms with E-state index >= 15 is 0 Å². The van der Waals surface area contributed by atoms with Crippen molar-refractivity contribution in [2.24, 2.45) is 0 Å². The number of carbonyl (C=O) groups excluding carboxylic acids is 1. The molecular weight excluding hydrogens is 420 g/mol. The molecule has 4 aromatic rings. The number of aryl methyl sites for hydroxylation is 1. The van der Waals surface area contributed by atoms with Gasteiger partial charge in [-0.2, -0.15) is 0 Å². The Morgan fingerprint density at radius 2 is 1.78 bits per heavy atom. The van der Waals surface area contributed by atoms with Crippen molar-refractivity contribution in [2.75, 3.05) is 0 Å². The van der Waals surface area contributed by atoms with E-state index in [0.717, 1.165) is 19.6 Å². The highest BCUT2D eigenvalue weighted by Crippen LogP contribution is 2.33. The highest BCUT2D eigenvalue weighted by atomic mass is 79.9. The van der Waals surface area contributed by atoms with Crippen molar-refractivity contribution in [3.63, 3.8) is 0 Å². The monoisotopic (exact) mass is 438 g/mol. The highest BCUT2D eigenvalue weighted by molar-refractivity contribution is 9.11. The Kier molecular flexibility index (Phi) is 5.14. The van der Waals surface area contributed by atoms with Crippen LogP contribution in [0.2, 0.25) is 0 Å². The number of hydrogen-bond acceptors (Lipinski definition) is 2. The maximum atomic E-state index is 12.9. The number of thiophene rings is 1. The molecule has 27 heavy (non-hydrogen) atoms. The SMILES string of the molecule is Cc1ccc(Cn2c(C(=O)NCc3ccccc3)cc3sc(Br)cc32)cc1. The van der Waals surface area contributed by atoms with Crippen molar-refractivity contribution in [1.82, 2.24) is 9.88 Å². The maximum absolute atomic E-state index is 12.9. The van der Waals surface area contributed by atoms with Crippen molar-refractivity contribution in [3.8, 4) is 0 Å². The first-order chi connectivity index (χ1) is 13.1. The molecule has 0 aliphatic rings. The van der Waals surface area contributed by atoms with E-state index in [9.17, 15) is 4.79 Å². The van der Waals surface area contributed by atoms with Gasteiger partial charge in [0.2, 0.25) is 0 Å². The van der Waals surface area contributed by atoms with E-state index in [4.69, 9.17) is 0 Å². The normalized spacial score (nSPS) is 11.0. The highest BCUT2D eigenvalue weighted by Gasteiger charge is 2.17. The minimum Gasteiger partial charge on any atom is -0.347 e. The summed E-state index contributed by atoms with van der Waals surface area (Å²) in [5.41, 5.74) is 5.28. The standard InChI is InChI=1S/C22H19BrN2OS/c1-15-7-9-17(10-8-15)14-25-18-12-21(23)27-20(18)11-19(25)22(26)24-13-16-5-3-2-4-6-16/h2-12H,13-14H2,1H3,(H,24,26). The van der Waals surface area contributed by atoms with Crippen molar-refractivity contribution in [3.05, 3.63) is 92.9 Å². The summed E-state index contributed by atoms with van der Waals surface area (Å²) in [5.74, 6) is -0.0505. The molecule has 2 aromatic carbocycles. The Morgan fingerprint density at radius 1 is 1.04 bits per heavy atom. The number of aromatic nitrogens is 1. The van der Waals surface area contributed by atoms with E-state index in [2.05, 4.69) is 63.1 Å². The fourth-order valence-electron chi connectivity index (χ4n) is 3.11. The van der Waals surface area contributed by atoms with Crippen LogP contribution < -0.4 is 5.32 Å². The lowest BCUT2D eigenvalue weighted by Crippen LogP contribution is -2.25. The average molecular weight is 439 g/mol. The molecule has 0 aliphatic carbocycles. The molecule has 0 saturated carbocycles. The number of nitrogens with one attached hydrogen (secondary N) is 1. The lowest BCUT2D eigenvalue weighted by molar-refractivity contribution is 0.0942. The molecule has 0 spiro atoms. The summed E-state index contributed by atoms with van der Waals surface area (Å²) in [6, 6.07) is 22.5. The van der Waals surface area contributed by atoms with E-state index < -0.39 is 0 Å². The first-order valence-corrected chi connectivity index (χ1v) is 10.4. The van der Waals surface area contributed by atoms with Gasteiger partial charge < -0.3 is 9.88 Å². The summed E-state index contributed by atoms with van der Waals surface area (Å²) in [6.07, 6.45) is 0. The topological polar surface area (TPSA) is 34.0 Å². The van der Waals surface area contributed by atoms with Crippen LogP contribution in [0.25, 0.3) is 10.2 Å². The van der Waals surface area contributed by atoms with Gasteiger partial charge in [0.05, 0.1) is 14.0 Å². The number of fused-ring (bicyclic) bond motifs is 1. The van der Waals surface area contributed by atoms with Crippen LogP contribution in [0.5, 0.6) is 0 Å². The lowest BCUT2D eigenvalue weighted by Gasteiger charge is -2.11. The second kappa shape index (κ2) is 7.71. The molecule has 0 unspecified atom stereocenters. The molecule has 2 heterocycles. The molecule has 3 nitrogen and oxygen atoms in total. The van der Waals surface area contributed by atoms with E-state index in [0.29, 0.717) is 18.8 Å². The van der Waals surface area contributed by atoms with Gasteiger partial charge in [-0.15, -0.1) is 11.3 Å². The van der Waals surface area contributed by atoms with E-state index in [1.54, 1.807) is 11.3 Å². The van der Waals surface area contributed by atoms with Gasteiger partial charge in [-0.3, -0.25) is 4.79 Å². The Balaban J connectivity index is 1.64. The van der Waals surface area contributed by atoms with Gasteiger partial charge in [0.15, 0.2) is 0 Å². The minimum absolute atomic E-state index is 0.0505. The largest absolute Gasteiger partial charge is 0.347 e. The molecule has 0 bridgehead atoms. The predicted molar refractivity (Wildman–Crippen MR) is 115 cm³/mol. The van der Waals surface area contributed by atoms with Crippen molar-refractivity contribution < 1.29 is 4.79 Å².